The number of aromatic nitrogens is 1. The highest BCUT2D eigenvalue weighted by Crippen LogP contribution is 2.35. The first-order chi connectivity index (χ1) is 9.56. The minimum Gasteiger partial charge on any atom is -0.311 e. The summed E-state index contributed by atoms with van der Waals surface area (Å²) in [5, 5.41) is 3.72. The highest BCUT2D eigenvalue weighted by atomic mass is 14.9. The van der Waals surface area contributed by atoms with Gasteiger partial charge in [-0.2, -0.15) is 0 Å². The molecular formula is C18H30N2. The van der Waals surface area contributed by atoms with E-state index < -0.39 is 0 Å². The van der Waals surface area contributed by atoms with Crippen molar-refractivity contribution >= 4 is 0 Å². The number of nitrogens with zero attached hydrogens (tertiary/aromatic N) is 1. The van der Waals surface area contributed by atoms with Crippen molar-refractivity contribution in [3.8, 4) is 0 Å². The van der Waals surface area contributed by atoms with Gasteiger partial charge in [0.15, 0.2) is 0 Å². The molecule has 0 aliphatic heterocycles. The molecule has 0 bridgehead atoms. The Labute approximate surface area is 124 Å². The van der Waals surface area contributed by atoms with Crippen molar-refractivity contribution in [2.24, 2.45) is 5.92 Å². The Morgan fingerprint density at radius 1 is 1.10 bits per heavy atom. The van der Waals surface area contributed by atoms with E-state index in [4.69, 9.17) is 0 Å². The molecule has 1 N–H and O–H groups in total. The summed E-state index contributed by atoms with van der Waals surface area (Å²) < 4.78 is 0. The second-order valence-corrected chi connectivity index (χ2v) is 7.27. The van der Waals surface area contributed by atoms with Gasteiger partial charge in [-0.05, 0) is 63.1 Å². The lowest BCUT2D eigenvalue weighted by atomic mass is 9.81. The van der Waals surface area contributed by atoms with Crippen molar-refractivity contribution in [1.29, 1.82) is 0 Å². The van der Waals surface area contributed by atoms with Gasteiger partial charge >= 0.3 is 0 Å². The topological polar surface area (TPSA) is 24.9 Å². The number of pyridine rings is 1. The molecule has 0 saturated heterocycles. The van der Waals surface area contributed by atoms with Crippen LogP contribution in [-0.2, 0) is 0 Å². The summed E-state index contributed by atoms with van der Waals surface area (Å²) in [7, 11) is 0. The van der Waals surface area contributed by atoms with Crippen molar-refractivity contribution in [3.63, 3.8) is 0 Å². The zero-order valence-electron chi connectivity index (χ0n) is 13.4. The van der Waals surface area contributed by atoms with Crippen molar-refractivity contribution in [1.82, 2.24) is 10.3 Å². The van der Waals surface area contributed by atoms with Crippen LogP contribution in [0.5, 0.6) is 0 Å². The maximum Gasteiger partial charge on any atom is 0.0270 e. The van der Waals surface area contributed by atoms with E-state index in [1.54, 1.807) is 0 Å². The van der Waals surface area contributed by atoms with Crippen LogP contribution in [0.15, 0.2) is 24.5 Å². The lowest BCUT2D eigenvalue weighted by Gasteiger charge is -2.31. The van der Waals surface area contributed by atoms with E-state index in [1.165, 1.54) is 44.1 Å². The lowest BCUT2D eigenvalue weighted by Crippen LogP contribution is -2.40. The molecule has 1 atom stereocenters. The standard InChI is InChI=1S/C18H30N2/c1-18(2,3)20-14-17(16-10-12-19-13-11-16)15-8-6-4-5-7-9-15/h10-13,15,17,20H,4-9,14H2,1-3H3. The highest BCUT2D eigenvalue weighted by Gasteiger charge is 2.25. The maximum absolute atomic E-state index is 4.18. The van der Waals surface area contributed by atoms with Gasteiger partial charge in [-0.25, -0.2) is 0 Å². The molecule has 1 saturated carbocycles. The Kier molecular flexibility index (Phi) is 5.59. The van der Waals surface area contributed by atoms with E-state index in [-0.39, 0.29) is 5.54 Å². The molecule has 2 heteroatoms. The van der Waals surface area contributed by atoms with E-state index in [9.17, 15) is 0 Å². The van der Waals surface area contributed by atoms with E-state index in [0.717, 1.165) is 12.5 Å². The average molecular weight is 274 g/mol. The van der Waals surface area contributed by atoms with Gasteiger partial charge in [-0.3, -0.25) is 4.98 Å². The van der Waals surface area contributed by atoms with E-state index in [0.29, 0.717) is 5.92 Å². The Balaban J connectivity index is 2.10. The fourth-order valence-corrected chi connectivity index (χ4v) is 3.30. The summed E-state index contributed by atoms with van der Waals surface area (Å²) in [6.07, 6.45) is 12.3. The van der Waals surface area contributed by atoms with Crippen molar-refractivity contribution in [2.75, 3.05) is 6.54 Å². The summed E-state index contributed by atoms with van der Waals surface area (Å²) in [5.41, 5.74) is 1.65. The zero-order valence-corrected chi connectivity index (χ0v) is 13.4. The van der Waals surface area contributed by atoms with Crippen LogP contribution in [0.4, 0.5) is 0 Å². The largest absolute Gasteiger partial charge is 0.311 e. The molecule has 1 heterocycles. The Morgan fingerprint density at radius 3 is 2.25 bits per heavy atom. The number of nitrogens with one attached hydrogen (secondary N) is 1. The van der Waals surface area contributed by atoms with Gasteiger partial charge < -0.3 is 5.32 Å². The minimum atomic E-state index is 0.190. The van der Waals surface area contributed by atoms with Crippen molar-refractivity contribution < 1.29 is 0 Å². The third-order valence-corrected chi connectivity index (χ3v) is 4.46. The van der Waals surface area contributed by atoms with Gasteiger partial charge in [0.2, 0.25) is 0 Å². The predicted octanol–water partition coefficient (Wildman–Crippen LogP) is 4.52. The normalized spacial score (nSPS) is 19.6. The van der Waals surface area contributed by atoms with Gasteiger partial charge in [0, 0.05) is 24.5 Å². The maximum atomic E-state index is 4.18. The van der Waals surface area contributed by atoms with Crippen LogP contribution in [0.2, 0.25) is 0 Å². The molecule has 2 rings (SSSR count). The number of rotatable bonds is 4. The van der Waals surface area contributed by atoms with E-state index in [2.05, 4.69) is 43.2 Å². The molecule has 1 unspecified atom stereocenters. The van der Waals surface area contributed by atoms with Crippen molar-refractivity contribution in [3.05, 3.63) is 30.1 Å². The van der Waals surface area contributed by atoms with Crippen molar-refractivity contribution in [2.45, 2.75) is 70.8 Å². The molecule has 1 aliphatic carbocycles. The van der Waals surface area contributed by atoms with E-state index >= 15 is 0 Å². The molecule has 112 valence electrons. The van der Waals surface area contributed by atoms with Gasteiger partial charge in [-0.15, -0.1) is 0 Å². The molecule has 2 nitrogen and oxygen atoms in total. The molecule has 0 radical (unpaired) electrons. The average Bonchev–Trinajstić information content (AvgIpc) is 2.68. The molecular weight excluding hydrogens is 244 g/mol. The monoisotopic (exact) mass is 274 g/mol. The Bertz CT molecular complexity index is 372. The summed E-state index contributed by atoms with van der Waals surface area (Å²) in [6, 6.07) is 4.42. The van der Waals surface area contributed by atoms with Crippen LogP contribution in [0.25, 0.3) is 0 Å². The van der Waals surface area contributed by atoms with Gasteiger partial charge in [0.05, 0.1) is 0 Å². The van der Waals surface area contributed by atoms with Crippen LogP contribution in [0, 0.1) is 5.92 Å². The Morgan fingerprint density at radius 2 is 1.70 bits per heavy atom. The second kappa shape index (κ2) is 7.21. The second-order valence-electron chi connectivity index (χ2n) is 7.27. The fourth-order valence-electron chi connectivity index (χ4n) is 3.30. The van der Waals surface area contributed by atoms with E-state index in [1.807, 2.05) is 12.4 Å². The summed E-state index contributed by atoms with van der Waals surface area (Å²) in [5.74, 6) is 1.46. The molecule has 1 aromatic heterocycles. The van der Waals surface area contributed by atoms with Crippen LogP contribution in [0.3, 0.4) is 0 Å². The molecule has 0 spiro atoms. The molecule has 1 fully saturated rings. The van der Waals surface area contributed by atoms with Gasteiger partial charge in [0.25, 0.3) is 0 Å². The van der Waals surface area contributed by atoms with Crippen LogP contribution < -0.4 is 5.32 Å². The summed E-state index contributed by atoms with van der Waals surface area (Å²) in [6.45, 7) is 7.84. The zero-order chi connectivity index (χ0) is 14.4. The molecule has 1 aromatic rings. The molecule has 0 amide bonds. The number of hydrogen-bond donors (Lipinski definition) is 1. The van der Waals surface area contributed by atoms with Crippen LogP contribution in [0.1, 0.15) is 70.8 Å². The third kappa shape index (κ3) is 4.90. The summed E-state index contributed by atoms with van der Waals surface area (Å²) in [4.78, 5) is 4.18. The molecule has 1 aliphatic rings. The first-order valence-electron chi connectivity index (χ1n) is 8.21. The van der Waals surface area contributed by atoms with Crippen LogP contribution in [-0.4, -0.2) is 17.1 Å². The molecule has 20 heavy (non-hydrogen) atoms. The molecule has 0 aromatic carbocycles. The Hall–Kier alpha value is -0.890. The number of hydrogen-bond acceptors (Lipinski definition) is 2. The van der Waals surface area contributed by atoms with Crippen LogP contribution >= 0.6 is 0 Å². The SMILES string of the molecule is CC(C)(C)NCC(c1ccncc1)C1CCCCCC1. The first kappa shape index (κ1) is 15.5. The highest BCUT2D eigenvalue weighted by molar-refractivity contribution is 5.17. The third-order valence-electron chi connectivity index (χ3n) is 4.46. The summed E-state index contributed by atoms with van der Waals surface area (Å²) >= 11 is 0. The van der Waals surface area contributed by atoms with Gasteiger partial charge in [-0.1, -0.05) is 25.7 Å². The minimum absolute atomic E-state index is 0.190. The smallest absolute Gasteiger partial charge is 0.0270 e. The fraction of sp³-hybridized carbons (Fsp3) is 0.722. The van der Waals surface area contributed by atoms with Gasteiger partial charge in [0.1, 0.15) is 0 Å². The lowest BCUT2D eigenvalue weighted by molar-refractivity contribution is 0.324. The quantitative estimate of drug-likeness (QED) is 0.816. The predicted molar refractivity (Wildman–Crippen MR) is 85.9 cm³/mol. The first-order valence-corrected chi connectivity index (χ1v) is 8.21.